The lowest BCUT2D eigenvalue weighted by Gasteiger charge is -2.10. The van der Waals surface area contributed by atoms with E-state index in [9.17, 15) is 8.78 Å². The Morgan fingerprint density at radius 3 is 2.65 bits per heavy atom. The minimum absolute atomic E-state index is 0.195. The second kappa shape index (κ2) is 7.17. The molecule has 23 heavy (non-hydrogen) atoms. The molecular formula is C17H17F2N3O. The van der Waals surface area contributed by atoms with Crippen molar-refractivity contribution in [2.75, 3.05) is 13.1 Å². The number of pyridine rings is 1. The quantitative estimate of drug-likeness (QED) is 0.623. The summed E-state index contributed by atoms with van der Waals surface area (Å²) >= 11 is 0. The van der Waals surface area contributed by atoms with Gasteiger partial charge in [-0.25, -0.2) is 18.8 Å². The van der Waals surface area contributed by atoms with Gasteiger partial charge in [0.1, 0.15) is 18.1 Å². The van der Waals surface area contributed by atoms with Gasteiger partial charge in [0, 0.05) is 19.2 Å². The third-order valence-electron chi connectivity index (χ3n) is 3.61. The summed E-state index contributed by atoms with van der Waals surface area (Å²) in [5.74, 6) is -0.508. The van der Waals surface area contributed by atoms with Gasteiger partial charge >= 0.3 is 0 Å². The van der Waals surface area contributed by atoms with Crippen LogP contribution in [0.1, 0.15) is 18.4 Å². The number of ether oxygens (including phenoxy) is 1. The lowest BCUT2D eigenvalue weighted by molar-refractivity contribution is 0.293. The first-order valence-electron chi connectivity index (χ1n) is 7.52. The number of hydrogen-bond acceptors (Lipinski definition) is 3. The highest BCUT2D eigenvalue weighted by molar-refractivity contribution is 5.62. The van der Waals surface area contributed by atoms with Crippen LogP contribution < -0.4 is 4.74 Å². The molecule has 0 unspecified atom stereocenters. The summed E-state index contributed by atoms with van der Waals surface area (Å²) in [5.41, 5.74) is 1.00. The van der Waals surface area contributed by atoms with E-state index in [1.165, 1.54) is 18.2 Å². The predicted molar refractivity (Wildman–Crippen MR) is 83.9 cm³/mol. The van der Waals surface area contributed by atoms with Crippen LogP contribution in [-0.4, -0.2) is 29.3 Å². The summed E-state index contributed by atoms with van der Waals surface area (Å²) in [6, 6.07) is 7.45. The zero-order valence-corrected chi connectivity index (χ0v) is 12.6. The fourth-order valence-electron chi connectivity index (χ4n) is 2.33. The average molecular weight is 317 g/mol. The van der Waals surface area contributed by atoms with Crippen LogP contribution >= 0.6 is 0 Å². The van der Waals surface area contributed by atoms with Crippen molar-refractivity contribution in [2.45, 2.75) is 19.4 Å². The van der Waals surface area contributed by atoms with Crippen molar-refractivity contribution >= 4 is 12.0 Å². The van der Waals surface area contributed by atoms with Crippen LogP contribution in [0.3, 0.4) is 0 Å². The molecule has 0 spiro atoms. The van der Waals surface area contributed by atoms with E-state index in [1.807, 2.05) is 0 Å². The van der Waals surface area contributed by atoms with Crippen LogP contribution in [-0.2, 0) is 6.61 Å². The molecule has 1 aromatic carbocycles. The van der Waals surface area contributed by atoms with Crippen LogP contribution in [0.5, 0.6) is 5.88 Å². The second-order valence-electron chi connectivity index (χ2n) is 5.38. The van der Waals surface area contributed by atoms with Gasteiger partial charge in [0.05, 0.1) is 12.5 Å². The SMILES string of the molecule is Fc1ccc(COc2cc(N=CN3CCCC3)c(F)cn2)cc1. The molecular weight excluding hydrogens is 300 g/mol. The monoisotopic (exact) mass is 317 g/mol. The molecule has 1 fully saturated rings. The summed E-state index contributed by atoms with van der Waals surface area (Å²) in [4.78, 5) is 10.1. The normalized spacial score (nSPS) is 14.6. The third-order valence-corrected chi connectivity index (χ3v) is 3.61. The molecule has 6 heteroatoms. The first-order valence-corrected chi connectivity index (χ1v) is 7.52. The number of likely N-dealkylation sites (tertiary alicyclic amines) is 1. The van der Waals surface area contributed by atoms with E-state index in [-0.39, 0.29) is 24.0 Å². The van der Waals surface area contributed by atoms with Gasteiger partial charge in [0.25, 0.3) is 0 Å². The Morgan fingerprint density at radius 2 is 1.91 bits per heavy atom. The van der Waals surface area contributed by atoms with Crippen molar-refractivity contribution in [2.24, 2.45) is 4.99 Å². The number of rotatable bonds is 5. The van der Waals surface area contributed by atoms with Gasteiger partial charge in [-0.15, -0.1) is 0 Å². The molecule has 0 atom stereocenters. The Balaban J connectivity index is 1.65. The molecule has 0 aliphatic carbocycles. The van der Waals surface area contributed by atoms with Crippen LogP contribution in [0.15, 0.2) is 41.5 Å². The molecule has 4 nitrogen and oxygen atoms in total. The summed E-state index contributed by atoms with van der Waals surface area (Å²) < 4.78 is 32.1. The van der Waals surface area contributed by atoms with Crippen LogP contribution in [0.2, 0.25) is 0 Å². The van der Waals surface area contributed by atoms with E-state index in [2.05, 4.69) is 14.9 Å². The molecule has 2 heterocycles. The van der Waals surface area contributed by atoms with Crippen LogP contribution in [0, 0.1) is 11.6 Å². The summed E-state index contributed by atoms with van der Waals surface area (Å²) in [5, 5.41) is 0. The highest BCUT2D eigenvalue weighted by atomic mass is 19.1. The number of benzene rings is 1. The minimum Gasteiger partial charge on any atom is -0.473 e. The summed E-state index contributed by atoms with van der Waals surface area (Å²) in [6.07, 6.45) is 5.03. The van der Waals surface area contributed by atoms with Crippen molar-refractivity contribution in [3.8, 4) is 5.88 Å². The fraction of sp³-hybridized carbons (Fsp3) is 0.294. The van der Waals surface area contributed by atoms with Crippen LogP contribution in [0.4, 0.5) is 14.5 Å². The van der Waals surface area contributed by atoms with Gasteiger partial charge in [-0.2, -0.15) is 0 Å². The summed E-state index contributed by atoms with van der Waals surface area (Å²) in [7, 11) is 0. The zero-order chi connectivity index (χ0) is 16.1. The second-order valence-corrected chi connectivity index (χ2v) is 5.38. The third kappa shape index (κ3) is 4.25. The number of nitrogens with zero attached hydrogens (tertiary/aromatic N) is 3. The molecule has 120 valence electrons. The fourth-order valence-corrected chi connectivity index (χ4v) is 2.33. The standard InChI is InChI=1S/C17H17F2N3O/c18-14-5-3-13(4-6-14)11-23-17-9-16(15(19)10-20-17)21-12-22-7-1-2-8-22/h3-6,9-10,12H,1-2,7-8,11H2. The van der Waals surface area contributed by atoms with Crippen molar-refractivity contribution < 1.29 is 13.5 Å². The molecule has 0 saturated carbocycles. The highest BCUT2D eigenvalue weighted by Gasteiger charge is 2.09. The predicted octanol–water partition coefficient (Wildman–Crippen LogP) is 3.69. The van der Waals surface area contributed by atoms with Gasteiger partial charge in [-0.1, -0.05) is 12.1 Å². The van der Waals surface area contributed by atoms with E-state index in [4.69, 9.17) is 4.74 Å². The van der Waals surface area contributed by atoms with E-state index in [0.717, 1.165) is 37.7 Å². The van der Waals surface area contributed by atoms with Crippen molar-refractivity contribution in [1.29, 1.82) is 0 Å². The topological polar surface area (TPSA) is 37.7 Å². The van der Waals surface area contributed by atoms with Crippen molar-refractivity contribution in [3.63, 3.8) is 0 Å². The molecule has 1 aliphatic rings. The van der Waals surface area contributed by atoms with E-state index in [1.54, 1.807) is 18.5 Å². The largest absolute Gasteiger partial charge is 0.473 e. The zero-order valence-electron chi connectivity index (χ0n) is 12.6. The number of halogens is 2. The number of aromatic nitrogens is 1. The van der Waals surface area contributed by atoms with E-state index in [0.29, 0.717) is 0 Å². The smallest absolute Gasteiger partial charge is 0.215 e. The number of hydrogen-bond donors (Lipinski definition) is 0. The molecule has 1 saturated heterocycles. The first-order chi connectivity index (χ1) is 11.2. The first kappa shape index (κ1) is 15.4. The molecule has 0 radical (unpaired) electrons. The Kier molecular flexibility index (Phi) is 4.80. The minimum atomic E-state index is -0.491. The van der Waals surface area contributed by atoms with Gasteiger partial charge in [0.2, 0.25) is 5.88 Å². The Morgan fingerprint density at radius 1 is 1.17 bits per heavy atom. The maximum atomic E-state index is 13.8. The van der Waals surface area contributed by atoms with E-state index >= 15 is 0 Å². The highest BCUT2D eigenvalue weighted by Crippen LogP contribution is 2.22. The van der Waals surface area contributed by atoms with E-state index < -0.39 is 5.82 Å². The molecule has 1 aliphatic heterocycles. The lowest BCUT2D eigenvalue weighted by atomic mass is 10.2. The van der Waals surface area contributed by atoms with Gasteiger partial charge in [0.15, 0.2) is 5.82 Å². The van der Waals surface area contributed by atoms with Crippen molar-refractivity contribution in [3.05, 3.63) is 53.7 Å². The Hall–Kier alpha value is -2.50. The molecule has 2 aromatic rings. The average Bonchev–Trinajstić information content (AvgIpc) is 3.08. The maximum Gasteiger partial charge on any atom is 0.215 e. The van der Waals surface area contributed by atoms with Crippen molar-refractivity contribution in [1.82, 2.24) is 9.88 Å². The Labute approximate surface area is 133 Å². The molecule has 0 amide bonds. The lowest BCUT2D eigenvalue weighted by Crippen LogP contribution is -2.16. The Bertz CT molecular complexity index is 683. The number of aliphatic imine (C=N–C) groups is 1. The maximum absolute atomic E-state index is 13.8. The molecule has 1 aromatic heterocycles. The summed E-state index contributed by atoms with van der Waals surface area (Å²) in [6.45, 7) is 2.13. The van der Waals surface area contributed by atoms with Gasteiger partial charge < -0.3 is 9.64 Å². The van der Waals surface area contributed by atoms with Crippen LogP contribution in [0.25, 0.3) is 0 Å². The van der Waals surface area contributed by atoms with Gasteiger partial charge in [-0.05, 0) is 30.5 Å². The molecule has 0 N–H and O–H groups in total. The molecule has 0 bridgehead atoms. The van der Waals surface area contributed by atoms with Gasteiger partial charge in [-0.3, -0.25) is 0 Å². The molecule has 3 rings (SSSR count).